The highest BCUT2D eigenvalue weighted by molar-refractivity contribution is 5.81. The van der Waals surface area contributed by atoms with Crippen molar-refractivity contribution in [1.82, 2.24) is 20.6 Å². The summed E-state index contributed by atoms with van der Waals surface area (Å²) in [6.07, 6.45) is 5.65. The number of carbonyl (C=O) groups excluding carboxylic acids is 1. The van der Waals surface area contributed by atoms with Crippen molar-refractivity contribution < 1.29 is 13.9 Å². The SMILES string of the molecule is C=C(/C(F)=C(\NN)NC(=O)CC(C)CN1CCCC1)c1cncc(OC)c1. The van der Waals surface area contributed by atoms with Crippen LogP contribution in [0.3, 0.4) is 0 Å². The van der Waals surface area contributed by atoms with Crippen molar-refractivity contribution in [2.24, 2.45) is 11.8 Å². The summed E-state index contributed by atoms with van der Waals surface area (Å²) >= 11 is 0. The fraction of sp³-hybridized carbons (Fsp3) is 0.474. The standard InChI is InChI=1S/C19H28FN5O2/c1-13(12-25-6-4-5-7-25)8-17(26)23-19(24-21)18(20)14(2)15-9-16(27-3)11-22-10-15/h9-11,13,24H,2,4-8,12,21H2,1,3H3,(H,23,26)/b19-18+. The van der Waals surface area contributed by atoms with E-state index < -0.39 is 5.83 Å². The first-order valence-electron chi connectivity index (χ1n) is 9.01. The highest BCUT2D eigenvalue weighted by atomic mass is 19.1. The van der Waals surface area contributed by atoms with Crippen molar-refractivity contribution >= 4 is 11.5 Å². The monoisotopic (exact) mass is 377 g/mol. The second-order valence-corrected chi connectivity index (χ2v) is 6.79. The van der Waals surface area contributed by atoms with Crippen molar-refractivity contribution in [3.05, 3.63) is 42.3 Å². The van der Waals surface area contributed by atoms with Crippen LogP contribution >= 0.6 is 0 Å². The topological polar surface area (TPSA) is 92.5 Å². The van der Waals surface area contributed by atoms with Gasteiger partial charge in [0.1, 0.15) is 5.75 Å². The molecule has 2 heterocycles. The van der Waals surface area contributed by atoms with Crippen molar-refractivity contribution in [2.75, 3.05) is 26.7 Å². The zero-order chi connectivity index (χ0) is 19.8. The molecule has 0 aliphatic carbocycles. The Kier molecular flexibility index (Phi) is 7.75. The molecule has 1 aromatic heterocycles. The number of amides is 1. The van der Waals surface area contributed by atoms with E-state index in [1.54, 1.807) is 6.07 Å². The first kappa shape index (κ1) is 20.9. The third-order valence-corrected chi connectivity index (χ3v) is 4.49. The number of nitrogens with one attached hydrogen (secondary N) is 2. The summed E-state index contributed by atoms with van der Waals surface area (Å²) in [5.74, 6) is 4.76. The number of aromatic nitrogens is 1. The van der Waals surface area contributed by atoms with Gasteiger partial charge in [-0.3, -0.25) is 9.78 Å². The fourth-order valence-electron chi connectivity index (χ4n) is 3.10. The van der Waals surface area contributed by atoms with Gasteiger partial charge in [0.15, 0.2) is 11.6 Å². The van der Waals surface area contributed by atoms with Crippen molar-refractivity contribution in [1.29, 1.82) is 0 Å². The molecular weight excluding hydrogens is 349 g/mol. The quantitative estimate of drug-likeness (QED) is 0.346. The molecule has 1 aliphatic rings. The summed E-state index contributed by atoms with van der Waals surface area (Å²) in [6, 6.07) is 1.60. The maximum atomic E-state index is 14.8. The van der Waals surface area contributed by atoms with E-state index in [1.807, 2.05) is 6.92 Å². The molecule has 0 spiro atoms. The second-order valence-electron chi connectivity index (χ2n) is 6.79. The number of pyridine rings is 1. The largest absolute Gasteiger partial charge is 0.495 e. The first-order valence-corrected chi connectivity index (χ1v) is 9.01. The third-order valence-electron chi connectivity index (χ3n) is 4.49. The van der Waals surface area contributed by atoms with E-state index in [9.17, 15) is 9.18 Å². The minimum Gasteiger partial charge on any atom is -0.495 e. The molecule has 0 bridgehead atoms. The average Bonchev–Trinajstić information content (AvgIpc) is 3.17. The van der Waals surface area contributed by atoms with Crippen molar-refractivity contribution in [3.8, 4) is 5.75 Å². The Morgan fingerprint density at radius 1 is 1.44 bits per heavy atom. The molecule has 1 atom stereocenters. The molecule has 2 rings (SSSR count). The molecular formula is C19H28FN5O2. The van der Waals surface area contributed by atoms with Crippen LogP contribution < -0.4 is 21.3 Å². The molecule has 0 saturated carbocycles. The Bertz CT molecular complexity index is 701. The molecule has 27 heavy (non-hydrogen) atoms. The minimum absolute atomic E-state index is 0.0414. The van der Waals surface area contributed by atoms with E-state index in [0.717, 1.165) is 19.6 Å². The lowest BCUT2D eigenvalue weighted by atomic mass is 10.1. The first-order chi connectivity index (χ1) is 12.9. The molecule has 7 nitrogen and oxygen atoms in total. The number of nitrogens with two attached hydrogens (primary N) is 1. The number of hydrazine groups is 1. The van der Waals surface area contributed by atoms with Gasteiger partial charge >= 0.3 is 0 Å². The van der Waals surface area contributed by atoms with Crippen LogP contribution in [0.4, 0.5) is 4.39 Å². The molecule has 0 aromatic carbocycles. The van der Waals surface area contributed by atoms with Crippen LogP contribution in [-0.2, 0) is 4.79 Å². The molecule has 1 amide bonds. The highest BCUT2D eigenvalue weighted by Gasteiger charge is 2.19. The molecule has 4 N–H and O–H groups in total. The molecule has 1 fully saturated rings. The fourth-order valence-corrected chi connectivity index (χ4v) is 3.10. The maximum Gasteiger partial charge on any atom is 0.225 e. The zero-order valence-electron chi connectivity index (χ0n) is 15.9. The van der Waals surface area contributed by atoms with Gasteiger partial charge in [0, 0.05) is 30.3 Å². The molecule has 1 unspecified atom stereocenters. The number of nitrogens with zero attached hydrogens (tertiary/aromatic N) is 2. The molecule has 8 heteroatoms. The predicted octanol–water partition coefficient (Wildman–Crippen LogP) is 1.94. The Hall–Kier alpha value is -2.45. The van der Waals surface area contributed by atoms with E-state index in [4.69, 9.17) is 10.6 Å². The average molecular weight is 377 g/mol. The van der Waals surface area contributed by atoms with E-state index in [-0.39, 0.29) is 29.6 Å². The van der Waals surface area contributed by atoms with Gasteiger partial charge < -0.3 is 20.4 Å². The van der Waals surface area contributed by atoms with Gasteiger partial charge in [0.2, 0.25) is 5.91 Å². The molecule has 1 saturated heterocycles. The van der Waals surface area contributed by atoms with Crippen molar-refractivity contribution in [2.45, 2.75) is 26.2 Å². The number of methoxy groups -OCH3 is 1. The molecule has 148 valence electrons. The van der Waals surface area contributed by atoms with Gasteiger partial charge in [0.05, 0.1) is 13.3 Å². The zero-order valence-corrected chi connectivity index (χ0v) is 15.9. The smallest absolute Gasteiger partial charge is 0.225 e. The van der Waals surface area contributed by atoms with Gasteiger partial charge in [0.25, 0.3) is 0 Å². The highest BCUT2D eigenvalue weighted by Crippen LogP contribution is 2.25. The van der Waals surface area contributed by atoms with Gasteiger partial charge in [-0.1, -0.05) is 13.5 Å². The number of carbonyl (C=O) groups is 1. The molecule has 1 aromatic rings. The van der Waals surface area contributed by atoms with Crippen LogP contribution in [0, 0.1) is 5.92 Å². The lowest BCUT2D eigenvalue weighted by Gasteiger charge is -2.20. The maximum absolute atomic E-state index is 14.8. The number of hydrogen-bond acceptors (Lipinski definition) is 6. The number of likely N-dealkylation sites (tertiary alicyclic amines) is 1. The lowest BCUT2D eigenvalue weighted by Crippen LogP contribution is -2.37. The summed E-state index contributed by atoms with van der Waals surface area (Å²) in [4.78, 5) is 18.6. The van der Waals surface area contributed by atoms with E-state index in [2.05, 4.69) is 27.2 Å². The van der Waals surface area contributed by atoms with E-state index in [1.165, 1.54) is 32.3 Å². The number of rotatable bonds is 9. The van der Waals surface area contributed by atoms with Gasteiger partial charge in [-0.15, -0.1) is 0 Å². The van der Waals surface area contributed by atoms with Crippen LogP contribution in [0.2, 0.25) is 0 Å². The molecule has 1 aliphatic heterocycles. The summed E-state index contributed by atoms with van der Waals surface area (Å²) < 4.78 is 19.8. The van der Waals surface area contributed by atoms with Gasteiger partial charge in [-0.25, -0.2) is 10.2 Å². The van der Waals surface area contributed by atoms with Crippen LogP contribution in [0.1, 0.15) is 31.7 Å². The van der Waals surface area contributed by atoms with Crippen molar-refractivity contribution in [3.63, 3.8) is 0 Å². The van der Waals surface area contributed by atoms with E-state index in [0.29, 0.717) is 11.3 Å². The second kappa shape index (κ2) is 10.0. The van der Waals surface area contributed by atoms with Crippen LogP contribution in [0.5, 0.6) is 5.75 Å². The minimum atomic E-state index is -0.756. The Balaban J connectivity index is 1.99. The summed E-state index contributed by atoms with van der Waals surface area (Å²) in [6.45, 7) is 8.73. The summed E-state index contributed by atoms with van der Waals surface area (Å²) in [5.41, 5.74) is 2.68. The summed E-state index contributed by atoms with van der Waals surface area (Å²) in [7, 11) is 1.49. The normalized spacial score (nSPS) is 16.4. The third kappa shape index (κ3) is 6.04. The lowest BCUT2D eigenvalue weighted by molar-refractivity contribution is -0.121. The van der Waals surface area contributed by atoms with Gasteiger partial charge in [-0.05, 0) is 37.9 Å². The van der Waals surface area contributed by atoms with Crippen LogP contribution in [-0.4, -0.2) is 42.5 Å². The predicted molar refractivity (Wildman–Crippen MR) is 103 cm³/mol. The number of halogens is 1. The number of hydrogen-bond donors (Lipinski definition) is 3. The Labute approximate surface area is 159 Å². The molecule has 0 radical (unpaired) electrons. The Morgan fingerprint density at radius 2 is 2.15 bits per heavy atom. The van der Waals surface area contributed by atoms with Crippen LogP contribution in [0.15, 0.2) is 36.7 Å². The number of ether oxygens (including phenoxy) is 1. The summed E-state index contributed by atoms with van der Waals surface area (Å²) in [5, 5.41) is 2.50. The number of allylic oxidation sites excluding steroid dienone is 2. The van der Waals surface area contributed by atoms with E-state index >= 15 is 0 Å². The van der Waals surface area contributed by atoms with Gasteiger partial charge in [-0.2, -0.15) is 0 Å². The Morgan fingerprint density at radius 3 is 2.78 bits per heavy atom. The van der Waals surface area contributed by atoms with Crippen LogP contribution in [0.25, 0.3) is 5.57 Å².